The van der Waals surface area contributed by atoms with Crippen molar-refractivity contribution in [2.45, 2.75) is 6.92 Å². The number of hydrogen-bond donors (Lipinski definition) is 0. The summed E-state index contributed by atoms with van der Waals surface area (Å²) in [5, 5.41) is 9.40. The second-order valence-electron chi connectivity index (χ2n) is 5.06. The Balaban J connectivity index is 2.14. The van der Waals surface area contributed by atoms with Crippen LogP contribution >= 0.6 is 0 Å². The van der Waals surface area contributed by atoms with Gasteiger partial charge in [-0.2, -0.15) is 5.26 Å². The standard InChI is InChI=1S/C20H15N/c1-15-7-5-12-19(20(15)14-21)18-11-6-10-17(13-18)16-8-3-2-4-9-16/h2-13H,1H3. The molecule has 0 aromatic heterocycles. The van der Waals surface area contributed by atoms with Gasteiger partial charge in [-0.3, -0.25) is 0 Å². The summed E-state index contributed by atoms with van der Waals surface area (Å²) in [7, 11) is 0. The molecule has 3 rings (SSSR count). The molecule has 0 aliphatic heterocycles. The van der Waals surface area contributed by atoms with E-state index in [0.29, 0.717) is 0 Å². The molecular formula is C20H15N. The van der Waals surface area contributed by atoms with Crippen LogP contribution in [0.1, 0.15) is 11.1 Å². The Morgan fingerprint density at radius 1 is 0.714 bits per heavy atom. The summed E-state index contributed by atoms with van der Waals surface area (Å²) in [5.41, 5.74) is 6.19. The van der Waals surface area contributed by atoms with Crippen LogP contribution in [0.5, 0.6) is 0 Å². The molecule has 0 N–H and O–H groups in total. The van der Waals surface area contributed by atoms with E-state index in [9.17, 15) is 5.26 Å². The lowest BCUT2D eigenvalue weighted by Crippen LogP contribution is -1.89. The van der Waals surface area contributed by atoms with Gasteiger partial charge in [0.2, 0.25) is 0 Å². The van der Waals surface area contributed by atoms with Crippen molar-refractivity contribution in [1.82, 2.24) is 0 Å². The average molecular weight is 269 g/mol. The highest BCUT2D eigenvalue weighted by atomic mass is 14.3. The van der Waals surface area contributed by atoms with Gasteiger partial charge in [0.1, 0.15) is 6.07 Å². The largest absolute Gasteiger partial charge is 0.192 e. The van der Waals surface area contributed by atoms with E-state index in [4.69, 9.17) is 0 Å². The van der Waals surface area contributed by atoms with Gasteiger partial charge in [-0.1, -0.05) is 66.7 Å². The fraction of sp³-hybridized carbons (Fsp3) is 0.0500. The maximum Gasteiger partial charge on any atom is 0.100 e. The molecule has 21 heavy (non-hydrogen) atoms. The van der Waals surface area contributed by atoms with Gasteiger partial charge in [0, 0.05) is 0 Å². The summed E-state index contributed by atoms with van der Waals surface area (Å²) in [6.45, 7) is 1.98. The van der Waals surface area contributed by atoms with Gasteiger partial charge in [0.15, 0.2) is 0 Å². The SMILES string of the molecule is Cc1cccc(-c2cccc(-c3ccccc3)c2)c1C#N. The molecule has 0 saturated carbocycles. The Labute approximate surface area is 125 Å². The van der Waals surface area contributed by atoms with Crippen LogP contribution in [0.15, 0.2) is 72.8 Å². The van der Waals surface area contributed by atoms with Crippen LogP contribution in [-0.2, 0) is 0 Å². The van der Waals surface area contributed by atoms with Gasteiger partial charge in [-0.15, -0.1) is 0 Å². The van der Waals surface area contributed by atoms with Crippen LogP contribution < -0.4 is 0 Å². The zero-order chi connectivity index (χ0) is 14.7. The zero-order valence-corrected chi connectivity index (χ0v) is 11.9. The van der Waals surface area contributed by atoms with Crippen LogP contribution in [-0.4, -0.2) is 0 Å². The van der Waals surface area contributed by atoms with Crippen molar-refractivity contribution in [2.75, 3.05) is 0 Å². The molecule has 0 saturated heterocycles. The first kappa shape index (κ1) is 13.1. The van der Waals surface area contributed by atoms with Crippen LogP contribution in [0.2, 0.25) is 0 Å². The Morgan fingerprint density at radius 3 is 2.14 bits per heavy atom. The lowest BCUT2D eigenvalue weighted by molar-refractivity contribution is 1.39. The Morgan fingerprint density at radius 2 is 1.38 bits per heavy atom. The summed E-state index contributed by atoms with van der Waals surface area (Å²) in [6, 6.07) is 26.9. The van der Waals surface area contributed by atoms with Crippen molar-refractivity contribution in [3.8, 4) is 28.3 Å². The lowest BCUT2D eigenvalue weighted by atomic mass is 9.94. The summed E-state index contributed by atoms with van der Waals surface area (Å²) in [4.78, 5) is 0. The van der Waals surface area contributed by atoms with E-state index in [0.717, 1.165) is 22.3 Å². The molecule has 0 amide bonds. The third kappa shape index (κ3) is 2.57. The summed E-state index contributed by atoms with van der Waals surface area (Å²) in [6.07, 6.45) is 0. The maximum absolute atomic E-state index is 9.40. The highest BCUT2D eigenvalue weighted by Crippen LogP contribution is 2.29. The molecule has 0 aliphatic rings. The van der Waals surface area contributed by atoms with Gasteiger partial charge < -0.3 is 0 Å². The smallest absolute Gasteiger partial charge is 0.100 e. The van der Waals surface area contributed by atoms with Crippen molar-refractivity contribution < 1.29 is 0 Å². The van der Waals surface area contributed by atoms with E-state index < -0.39 is 0 Å². The van der Waals surface area contributed by atoms with Crippen molar-refractivity contribution in [1.29, 1.82) is 5.26 Å². The van der Waals surface area contributed by atoms with Crippen molar-refractivity contribution >= 4 is 0 Å². The van der Waals surface area contributed by atoms with Crippen molar-refractivity contribution in [3.63, 3.8) is 0 Å². The number of nitrogens with zero attached hydrogens (tertiary/aromatic N) is 1. The second kappa shape index (κ2) is 5.64. The third-order valence-corrected chi connectivity index (χ3v) is 3.67. The summed E-state index contributed by atoms with van der Waals surface area (Å²) in [5.74, 6) is 0. The van der Waals surface area contributed by atoms with Crippen LogP contribution in [0.25, 0.3) is 22.3 Å². The number of hydrogen-bond acceptors (Lipinski definition) is 1. The molecule has 0 aliphatic carbocycles. The summed E-state index contributed by atoms with van der Waals surface area (Å²) < 4.78 is 0. The fourth-order valence-electron chi connectivity index (χ4n) is 2.55. The first-order valence-electron chi connectivity index (χ1n) is 6.95. The van der Waals surface area contributed by atoms with Gasteiger partial charge in [-0.05, 0) is 40.8 Å². The number of benzene rings is 3. The number of nitriles is 1. The van der Waals surface area contributed by atoms with Gasteiger partial charge in [-0.25, -0.2) is 0 Å². The first-order chi connectivity index (χ1) is 10.3. The molecule has 0 heterocycles. The monoisotopic (exact) mass is 269 g/mol. The van der Waals surface area contributed by atoms with Gasteiger partial charge >= 0.3 is 0 Å². The van der Waals surface area contributed by atoms with Gasteiger partial charge in [0.05, 0.1) is 5.56 Å². The van der Waals surface area contributed by atoms with E-state index in [2.05, 4.69) is 36.4 Å². The third-order valence-electron chi connectivity index (χ3n) is 3.67. The molecule has 100 valence electrons. The van der Waals surface area contributed by atoms with Crippen molar-refractivity contribution in [2.24, 2.45) is 0 Å². The zero-order valence-electron chi connectivity index (χ0n) is 11.9. The normalized spacial score (nSPS) is 10.1. The molecule has 0 radical (unpaired) electrons. The Kier molecular flexibility index (Phi) is 3.53. The van der Waals surface area contributed by atoms with Crippen LogP contribution in [0, 0.1) is 18.3 Å². The fourth-order valence-corrected chi connectivity index (χ4v) is 2.55. The molecule has 1 nitrogen and oxygen atoms in total. The molecular weight excluding hydrogens is 254 g/mol. The molecule has 1 heteroatoms. The van der Waals surface area contributed by atoms with E-state index in [-0.39, 0.29) is 0 Å². The molecule has 0 unspecified atom stereocenters. The highest BCUT2D eigenvalue weighted by Gasteiger charge is 2.08. The average Bonchev–Trinajstić information content (AvgIpc) is 2.55. The minimum atomic E-state index is 0.753. The minimum Gasteiger partial charge on any atom is -0.192 e. The van der Waals surface area contributed by atoms with E-state index in [1.807, 2.05) is 49.4 Å². The van der Waals surface area contributed by atoms with E-state index in [1.54, 1.807) is 0 Å². The predicted octanol–water partition coefficient (Wildman–Crippen LogP) is 5.20. The van der Waals surface area contributed by atoms with Crippen molar-refractivity contribution in [3.05, 3.63) is 83.9 Å². The number of aryl methyl sites for hydroxylation is 1. The Bertz CT molecular complexity index is 811. The van der Waals surface area contributed by atoms with E-state index >= 15 is 0 Å². The van der Waals surface area contributed by atoms with Crippen LogP contribution in [0.4, 0.5) is 0 Å². The summed E-state index contributed by atoms with van der Waals surface area (Å²) >= 11 is 0. The number of rotatable bonds is 2. The van der Waals surface area contributed by atoms with Gasteiger partial charge in [0.25, 0.3) is 0 Å². The second-order valence-corrected chi connectivity index (χ2v) is 5.06. The molecule has 0 bridgehead atoms. The topological polar surface area (TPSA) is 23.8 Å². The highest BCUT2D eigenvalue weighted by molar-refractivity contribution is 5.77. The molecule has 0 fully saturated rings. The maximum atomic E-state index is 9.40. The van der Waals surface area contributed by atoms with E-state index in [1.165, 1.54) is 11.1 Å². The predicted molar refractivity (Wildman–Crippen MR) is 86.8 cm³/mol. The lowest BCUT2D eigenvalue weighted by Gasteiger charge is -2.09. The molecule has 0 atom stereocenters. The first-order valence-corrected chi connectivity index (χ1v) is 6.95. The Hall–Kier alpha value is -2.85. The van der Waals surface area contributed by atoms with Crippen LogP contribution in [0.3, 0.4) is 0 Å². The molecule has 3 aromatic rings. The molecule has 3 aromatic carbocycles. The molecule has 0 spiro atoms. The minimum absolute atomic E-state index is 0.753. The quantitative estimate of drug-likeness (QED) is 0.627.